The average molecular weight is 918 g/mol. The number of hydrogen-bond acceptors (Lipinski definition) is 10. The molecular formula is C50H95NO11S. The summed E-state index contributed by atoms with van der Waals surface area (Å²) in [4.78, 5) is 13.1. The van der Waals surface area contributed by atoms with Gasteiger partial charge in [-0.25, -0.2) is 4.18 Å². The third-order valence-corrected chi connectivity index (χ3v) is 12.7. The van der Waals surface area contributed by atoms with Crippen molar-refractivity contribution in [2.24, 2.45) is 0 Å². The summed E-state index contributed by atoms with van der Waals surface area (Å²) in [5.41, 5.74) is 0. The SMILES string of the molecule is CCCCCCCC/C=C\CCCCCCCCCCCCCCCC(=O)N[C@@H](CO[C@@H]1O[C@H](CO)[C@H](O)[C@H](OS(=O)(=O)O)[C@H]1O)[C@H](O)/C=C/CCCCCCCCCCCCC. The van der Waals surface area contributed by atoms with Crippen LogP contribution in [-0.4, -0.2) is 95.4 Å². The Morgan fingerprint density at radius 3 is 1.43 bits per heavy atom. The maximum atomic E-state index is 13.1. The summed E-state index contributed by atoms with van der Waals surface area (Å²) < 4.78 is 47.7. The average Bonchev–Trinajstić information content (AvgIpc) is 3.25. The molecule has 372 valence electrons. The maximum Gasteiger partial charge on any atom is 0.397 e. The molecule has 1 saturated heterocycles. The zero-order valence-electron chi connectivity index (χ0n) is 39.9. The fraction of sp³-hybridized carbons (Fsp3) is 0.900. The number of nitrogens with one attached hydrogen (secondary N) is 1. The van der Waals surface area contributed by atoms with Gasteiger partial charge in [-0.3, -0.25) is 9.35 Å². The van der Waals surface area contributed by atoms with E-state index in [1.54, 1.807) is 6.08 Å². The third kappa shape index (κ3) is 33.7. The molecule has 1 amide bonds. The Morgan fingerprint density at radius 1 is 0.619 bits per heavy atom. The van der Waals surface area contributed by atoms with Crippen LogP contribution in [0, 0.1) is 0 Å². The molecular weight excluding hydrogens is 823 g/mol. The van der Waals surface area contributed by atoms with Crippen LogP contribution in [0.1, 0.15) is 232 Å². The van der Waals surface area contributed by atoms with Gasteiger partial charge in [-0.2, -0.15) is 8.42 Å². The van der Waals surface area contributed by atoms with E-state index in [1.807, 2.05) is 6.08 Å². The lowest BCUT2D eigenvalue weighted by Gasteiger charge is -2.41. The monoisotopic (exact) mass is 918 g/mol. The lowest BCUT2D eigenvalue weighted by molar-refractivity contribution is -0.298. The Bertz CT molecular complexity index is 1220. The second-order valence-corrected chi connectivity index (χ2v) is 19.2. The van der Waals surface area contributed by atoms with Gasteiger partial charge in [0, 0.05) is 6.42 Å². The van der Waals surface area contributed by atoms with Crippen LogP contribution in [0.3, 0.4) is 0 Å². The fourth-order valence-corrected chi connectivity index (χ4v) is 8.72. The molecule has 0 aliphatic carbocycles. The highest BCUT2D eigenvalue weighted by molar-refractivity contribution is 7.80. The van der Waals surface area contributed by atoms with Crippen molar-refractivity contribution in [2.75, 3.05) is 13.2 Å². The van der Waals surface area contributed by atoms with Gasteiger partial charge < -0.3 is 35.2 Å². The maximum absolute atomic E-state index is 13.1. The van der Waals surface area contributed by atoms with Crippen molar-refractivity contribution in [1.29, 1.82) is 0 Å². The van der Waals surface area contributed by atoms with Crippen LogP contribution >= 0.6 is 0 Å². The minimum Gasteiger partial charge on any atom is -0.394 e. The number of unbranched alkanes of at least 4 members (excludes halogenated alkanes) is 30. The largest absolute Gasteiger partial charge is 0.397 e. The molecule has 1 heterocycles. The quantitative estimate of drug-likeness (QED) is 0.0194. The third-order valence-electron chi connectivity index (χ3n) is 12.2. The molecule has 13 heteroatoms. The van der Waals surface area contributed by atoms with E-state index in [0.29, 0.717) is 6.42 Å². The van der Waals surface area contributed by atoms with Crippen LogP contribution in [-0.2, 0) is 28.9 Å². The Kier molecular flexibility index (Phi) is 38.6. The molecule has 6 N–H and O–H groups in total. The molecule has 0 unspecified atom stereocenters. The minimum atomic E-state index is -5.08. The first-order chi connectivity index (χ1) is 30.5. The van der Waals surface area contributed by atoms with E-state index in [0.717, 1.165) is 38.5 Å². The van der Waals surface area contributed by atoms with Crippen molar-refractivity contribution in [3.8, 4) is 0 Å². The zero-order chi connectivity index (χ0) is 46.2. The number of amides is 1. The van der Waals surface area contributed by atoms with Crippen molar-refractivity contribution in [1.82, 2.24) is 5.32 Å². The van der Waals surface area contributed by atoms with Gasteiger partial charge >= 0.3 is 10.4 Å². The number of rotatable bonds is 44. The van der Waals surface area contributed by atoms with Gasteiger partial charge in [0.1, 0.15) is 24.4 Å². The molecule has 1 aliphatic rings. The number of allylic oxidation sites excluding steroid dienone is 3. The van der Waals surface area contributed by atoms with Crippen molar-refractivity contribution < 1.29 is 51.8 Å². The number of hydrogen-bond donors (Lipinski definition) is 6. The van der Waals surface area contributed by atoms with Crippen LogP contribution in [0.2, 0.25) is 0 Å². The topological polar surface area (TPSA) is 192 Å². The number of aliphatic hydroxyl groups is 4. The van der Waals surface area contributed by atoms with Gasteiger partial charge in [0.25, 0.3) is 0 Å². The predicted molar refractivity (Wildman–Crippen MR) is 255 cm³/mol. The molecule has 7 atom stereocenters. The van der Waals surface area contributed by atoms with E-state index in [9.17, 15) is 38.2 Å². The van der Waals surface area contributed by atoms with Gasteiger partial charge in [0.05, 0.1) is 25.4 Å². The highest BCUT2D eigenvalue weighted by atomic mass is 32.3. The Balaban J connectivity index is 2.40. The van der Waals surface area contributed by atoms with E-state index in [-0.39, 0.29) is 18.9 Å². The van der Waals surface area contributed by atoms with Crippen LogP contribution < -0.4 is 5.32 Å². The second-order valence-electron chi connectivity index (χ2n) is 18.1. The molecule has 0 spiro atoms. The van der Waals surface area contributed by atoms with Gasteiger partial charge in [-0.1, -0.05) is 205 Å². The summed E-state index contributed by atoms with van der Waals surface area (Å²) >= 11 is 0. The molecule has 1 fully saturated rings. The Hall–Kier alpha value is -1.42. The summed E-state index contributed by atoms with van der Waals surface area (Å²) in [6.07, 6.45) is 39.3. The van der Waals surface area contributed by atoms with Crippen molar-refractivity contribution in [2.45, 2.75) is 275 Å². The van der Waals surface area contributed by atoms with E-state index in [1.165, 1.54) is 167 Å². The smallest absolute Gasteiger partial charge is 0.394 e. The molecule has 63 heavy (non-hydrogen) atoms. The number of carbonyl (C=O) groups is 1. The van der Waals surface area contributed by atoms with E-state index in [2.05, 4.69) is 35.5 Å². The summed E-state index contributed by atoms with van der Waals surface area (Å²) in [5.74, 6) is -0.261. The summed E-state index contributed by atoms with van der Waals surface area (Å²) in [5, 5.41) is 44.8. The molecule has 0 aromatic rings. The minimum absolute atomic E-state index is 0.261. The molecule has 12 nitrogen and oxygen atoms in total. The van der Waals surface area contributed by atoms with E-state index >= 15 is 0 Å². The van der Waals surface area contributed by atoms with Crippen LogP contribution in [0.25, 0.3) is 0 Å². The first-order valence-corrected chi connectivity index (χ1v) is 27.1. The molecule has 0 aromatic carbocycles. The first-order valence-electron chi connectivity index (χ1n) is 25.7. The van der Waals surface area contributed by atoms with Crippen molar-refractivity contribution in [3.05, 3.63) is 24.3 Å². The van der Waals surface area contributed by atoms with Gasteiger partial charge in [-0.15, -0.1) is 0 Å². The first kappa shape index (κ1) is 59.6. The number of aliphatic hydroxyl groups excluding tert-OH is 4. The lowest BCUT2D eigenvalue weighted by atomic mass is 9.99. The normalized spacial score (nSPS) is 20.5. The highest BCUT2D eigenvalue weighted by Crippen LogP contribution is 2.26. The predicted octanol–water partition coefficient (Wildman–Crippen LogP) is 10.9. The molecule has 0 aromatic heterocycles. The fourth-order valence-electron chi connectivity index (χ4n) is 8.21. The van der Waals surface area contributed by atoms with Crippen molar-refractivity contribution in [3.63, 3.8) is 0 Å². The molecule has 1 aliphatic heterocycles. The highest BCUT2D eigenvalue weighted by Gasteiger charge is 2.48. The molecule has 0 radical (unpaired) electrons. The van der Waals surface area contributed by atoms with Gasteiger partial charge in [-0.05, 0) is 44.9 Å². The van der Waals surface area contributed by atoms with Gasteiger partial charge in [0.15, 0.2) is 6.29 Å². The van der Waals surface area contributed by atoms with E-state index in [4.69, 9.17) is 9.47 Å². The van der Waals surface area contributed by atoms with Crippen LogP contribution in [0.5, 0.6) is 0 Å². The Labute approximate surface area is 384 Å². The summed E-state index contributed by atoms with van der Waals surface area (Å²) in [7, 11) is -5.08. The number of carbonyl (C=O) groups excluding carboxylic acids is 1. The summed E-state index contributed by atoms with van der Waals surface area (Å²) in [6, 6.07) is -0.941. The zero-order valence-corrected chi connectivity index (χ0v) is 40.7. The van der Waals surface area contributed by atoms with Crippen LogP contribution in [0.15, 0.2) is 24.3 Å². The summed E-state index contributed by atoms with van der Waals surface area (Å²) in [6.45, 7) is 3.39. The molecule has 0 saturated carbocycles. The Morgan fingerprint density at radius 2 is 1.02 bits per heavy atom. The standard InChI is InChI=1S/C50H95NO11S/c1-3-5-7-9-11-13-15-17-18-19-20-21-22-23-24-25-26-28-30-32-34-36-38-40-46(54)51-43(44(53)39-37-35-33-31-29-27-16-14-12-10-8-6-4-2)42-60-50-48(56)49(62-63(57,58)59)47(55)45(41-52)61-50/h17-18,37,39,43-45,47-50,52-53,55-56H,3-16,19-36,38,40-42H2,1-2H3,(H,51,54)(H,57,58,59)/b18-17-,39-37+/t43-,44+,45+,47-,48+,49-,50+/m0/s1. The van der Waals surface area contributed by atoms with E-state index < -0.39 is 59.9 Å². The van der Waals surface area contributed by atoms with Crippen molar-refractivity contribution >= 4 is 16.3 Å². The molecule has 0 bridgehead atoms. The number of ether oxygens (including phenoxy) is 2. The molecule has 1 rings (SSSR count). The van der Waals surface area contributed by atoms with Gasteiger partial charge in [0.2, 0.25) is 5.91 Å². The lowest BCUT2D eigenvalue weighted by Crippen LogP contribution is -2.61. The second kappa shape index (κ2) is 40.8. The van der Waals surface area contributed by atoms with Crippen LogP contribution in [0.4, 0.5) is 0 Å².